The summed E-state index contributed by atoms with van der Waals surface area (Å²) in [5.74, 6) is 0. The normalized spacial score (nSPS) is 16.5. The Morgan fingerprint density at radius 3 is 2.57 bits per heavy atom. The number of aromatic nitrogens is 2. The predicted molar refractivity (Wildman–Crippen MR) is 119 cm³/mol. The molecule has 0 amide bonds. The molecule has 1 aliphatic carbocycles. The van der Waals surface area contributed by atoms with Crippen molar-refractivity contribution in [1.29, 1.82) is 0 Å². The van der Waals surface area contributed by atoms with E-state index in [0.717, 1.165) is 6.42 Å². The Balaban J connectivity index is 1.79. The average molecular weight is 360 g/mol. The van der Waals surface area contributed by atoms with E-state index >= 15 is 0 Å². The zero-order valence-corrected chi connectivity index (χ0v) is 15.5. The van der Waals surface area contributed by atoms with Gasteiger partial charge >= 0.3 is 0 Å². The lowest BCUT2D eigenvalue weighted by molar-refractivity contribution is 0.630. The Labute approximate surface area is 163 Å². The van der Waals surface area contributed by atoms with Gasteiger partial charge in [0.25, 0.3) is 0 Å². The molecule has 134 valence electrons. The highest BCUT2D eigenvalue weighted by Gasteiger charge is 2.19. The molecular weight excluding hydrogens is 340 g/mol. The van der Waals surface area contributed by atoms with Gasteiger partial charge in [-0.2, -0.15) is 0 Å². The van der Waals surface area contributed by atoms with Crippen molar-refractivity contribution in [1.82, 2.24) is 9.55 Å². The van der Waals surface area contributed by atoms with Crippen molar-refractivity contribution in [2.24, 2.45) is 0 Å². The lowest BCUT2D eigenvalue weighted by Gasteiger charge is -2.19. The average Bonchev–Trinajstić information content (AvgIpc) is 3.34. The van der Waals surface area contributed by atoms with E-state index in [2.05, 4.69) is 107 Å². The Kier molecular flexibility index (Phi) is 3.33. The molecule has 1 N–H and O–H groups in total. The van der Waals surface area contributed by atoms with Crippen LogP contribution in [0.1, 0.15) is 12.5 Å². The van der Waals surface area contributed by atoms with Gasteiger partial charge in [0.15, 0.2) is 0 Å². The van der Waals surface area contributed by atoms with Crippen LogP contribution in [0.2, 0.25) is 0 Å². The summed E-state index contributed by atoms with van der Waals surface area (Å²) in [5, 5.41) is 3.87. The van der Waals surface area contributed by atoms with Gasteiger partial charge in [0.2, 0.25) is 0 Å². The maximum Gasteiger partial charge on any atom is 0.0573 e. The summed E-state index contributed by atoms with van der Waals surface area (Å²) in [4.78, 5) is 3.63. The molecule has 2 heterocycles. The van der Waals surface area contributed by atoms with Gasteiger partial charge in [-0.3, -0.25) is 0 Å². The number of nitrogens with one attached hydrogen (secondary N) is 1. The molecule has 3 aromatic carbocycles. The summed E-state index contributed by atoms with van der Waals surface area (Å²) in [6, 6.07) is 24.3. The summed E-state index contributed by atoms with van der Waals surface area (Å²) in [5.41, 5.74) is 6.28. The van der Waals surface area contributed by atoms with E-state index in [-0.39, 0.29) is 0 Å². The number of hydrogen-bond donors (Lipinski definition) is 1. The van der Waals surface area contributed by atoms with Crippen molar-refractivity contribution >= 4 is 32.7 Å². The summed E-state index contributed by atoms with van der Waals surface area (Å²) in [7, 11) is 0. The Morgan fingerprint density at radius 2 is 1.71 bits per heavy atom. The largest absolute Gasteiger partial charge is 0.354 e. The van der Waals surface area contributed by atoms with Crippen LogP contribution < -0.4 is 0 Å². The molecule has 28 heavy (non-hydrogen) atoms. The minimum absolute atomic E-state index is 0.354. The zero-order valence-electron chi connectivity index (χ0n) is 15.5. The number of nitrogens with zero attached hydrogens (tertiary/aromatic N) is 1. The minimum Gasteiger partial charge on any atom is -0.354 e. The molecule has 1 aliphatic rings. The van der Waals surface area contributed by atoms with Crippen molar-refractivity contribution in [3.63, 3.8) is 0 Å². The third-order valence-electron chi connectivity index (χ3n) is 5.85. The molecular formula is C26H20N2. The first kappa shape index (κ1) is 15.5. The van der Waals surface area contributed by atoms with Crippen LogP contribution in [0.3, 0.4) is 0 Å². The van der Waals surface area contributed by atoms with Crippen molar-refractivity contribution < 1.29 is 0 Å². The quantitative estimate of drug-likeness (QED) is 0.350. The monoisotopic (exact) mass is 360 g/mol. The topological polar surface area (TPSA) is 20.7 Å². The smallest absolute Gasteiger partial charge is 0.0573 e. The number of aromatic amines is 1. The molecule has 2 nitrogen and oxygen atoms in total. The van der Waals surface area contributed by atoms with E-state index in [1.54, 1.807) is 0 Å². The Bertz CT molecular complexity index is 1380. The molecule has 0 aliphatic heterocycles. The highest BCUT2D eigenvalue weighted by molar-refractivity contribution is 6.21. The van der Waals surface area contributed by atoms with E-state index in [4.69, 9.17) is 0 Å². The molecule has 0 saturated carbocycles. The number of benzene rings is 3. The molecule has 0 saturated heterocycles. The van der Waals surface area contributed by atoms with Gasteiger partial charge in [-0.05, 0) is 30.2 Å². The van der Waals surface area contributed by atoms with Crippen LogP contribution in [-0.2, 0) is 0 Å². The number of hydrogen-bond acceptors (Lipinski definition) is 0. The number of rotatable bonds is 2. The van der Waals surface area contributed by atoms with E-state index in [0.29, 0.717) is 6.04 Å². The van der Waals surface area contributed by atoms with Crippen molar-refractivity contribution in [3.05, 3.63) is 97.2 Å². The third-order valence-corrected chi connectivity index (χ3v) is 5.85. The molecule has 1 atom stereocenters. The first-order valence-corrected chi connectivity index (χ1v) is 9.83. The van der Waals surface area contributed by atoms with Crippen LogP contribution in [0.25, 0.3) is 43.8 Å². The first-order chi connectivity index (χ1) is 13.9. The number of H-pyrrole nitrogens is 1. The lowest BCUT2D eigenvalue weighted by atomic mass is 9.96. The first-order valence-electron chi connectivity index (χ1n) is 9.83. The molecule has 0 bridgehead atoms. The molecule has 2 aromatic heterocycles. The van der Waals surface area contributed by atoms with Crippen molar-refractivity contribution in [3.8, 4) is 11.1 Å². The lowest BCUT2D eigenvalue weighted by Crippen LogP contribution is -2.06. The second kappa shape index (κ2) is 6.00. The van der Waals surface area contributed by atoms with Crippen molar-refractivity contribution in [2.75, 3.05) is 0 Å². The van der Waals surface area contributed by atoms with Crippen LogP contribution in [0.15, 0.2) is 97.2 Å². The fourth-order valence-corrected chi connectivity index (χ4v) is 4.60. The standard InChI is InChI=1S/C26H20N2/c1-3-9-18(10-4-1)24-25-21-13-7-8-14-22(21)27-23(25)17-19-15-16-28(26(19)24)20-11-5-2-6-12-20/h1-11,13-17,20,27H,12H2. The van der Waals surface area contributed by atoms with E-state index in [1.807, 2.05) is 0 Å². The summed E-state index contributed by atoms with van der Waals surface area (Å²) >= 11 is 0. The van der Waals surface area contributed by atoms with Gasteiger partial charge in [0, 0.05) is 39.0 Å². The molecule has 0 radical (unpaired) electrons. The highest BCUT2D eigenvalue weighted by atomic mass is 15.0. The van der Waals surface area contributed by atoms with Crippen LogP contribution >= 0.6 is 0 Å². The molecule has 0 spiro atoms. The molecule has 6 rings (SSSR count). The van der Waals surface area contributed by atoms with Gasteiger partial charge in [-0.25, -0.2) is 0 Å². The number of fused-ring (bicyclic) bond motifs is 4. The molecule has 5 aromatic rings. The van der Waals surface area contributed by atoms with Gasteiger partial charge in [-0.1, -0.05) is 72.8 Å². The maximum absolute atomic E-state index is 3.63. The van der Waals surface area contributed by atoms with Gasteiger partial charge < -0.3 is 9.55 Å². The minimum atomic E-state index is 0.354. The molecule has 1 unspecified atom stereocenters. The van der Waals surface area contributed by atoms with Crippen LogP contribution in [0.4, 0.5) is 0 Å². The summed E-state index contributed by atoms with van der Waals surface area (Å²) in [6.45, 7) is 0. The predicted octanol–water partition coefficient (Wildman–Crippen LogP) is 7.00. The fraction of sp³-hybridized carbons (Fsp3) is 0.0769. The van der Waals surface area contributed by atoms with E-state index < -0.39 is 0 Å². The third kappa shape index (κ3) is 2.21. The second-order valence-electron chi connectivity index (χ2n) is 7.49. The fourth-order valence-electron chi connectivity index (χ4n) is 4.60. The van der Waals surface area contributed by atoms with Crippen molar-refractivity contribution in [2.45, 2.75) is 12.5 Å². The number of para-hydroxylation sites is 1. The highest BCUT2D eigenvalue weighted by Crippen LogP contribution is 2.41. The second-order valence-corrected chi connectivity index (χ2v) is 7.49. The van der Waals surface area contributed by atoms with E-state index in [1.165, 1.54) is 43.8 Å². The molecule has 2 heteroatoms. The van der Waals surface area contributed by atoms with Crippen LogP contribution in [0, 0.1) is 0 Å². The van der Waals surface area contributed by atoms with E-state index in [9.17, 15) is 0 Å². The van der Waals surface area contributed by atoms with Gasteiger partial charge in [0.1, 0.15) is 0 Å². The zero-order chi connectivity index (χ0) is 18.5. The van der Waals surface area contributed by atoms with Crippen LogP contribution in [0.5, 0.6) is 0 Å². The Hall–Kier alpha value is -3.52. The summed E-state index contributed by atoms with van der Waals surface area (Å²) in [6.07, 6.45) is 12.1. The maximum atomic E-state index is 3.63. The Morgan fingerprint density at radius 1 is 0.857 bits per heavy atom. The molecule has 0 fully saturated rings. The summed E-state index contributed by atoms with van der Waals surface area (Å²) < 4.78 is 2.44. The van der Waals surface area contributed by atoms with Crippen LogP contribution in [-0.4, -0.2) is 9.55 Å². The number of allylic oxidation sites excluding steroid dienone is 4. The van der Waals surface area contributed by atoms with Gasteiger partial charge in [-0.15, -0.1) is 0 Å². The van der Waals surface area contributed by atoms with Gasteiger partial charge in [0.05, 0.1) is 11.6 Å². The SMILES string of the molecule is C1=CCC(n2ccc3cc4[nH]c5ccccc5c4c(-c4ccccc4)c32)C=C1.